The summed E-state index contributed by atoms with van der Waals surface area (Å²) < 4.78 is 2.27. The first-order valence-corrected chi connectivity index (χ1v) is 13.0. The first kappa shape index (κ1) is 24.5. The van der Waals surface area contributed by atoms with Crippen molar-refractivity contribution in [3.63, 3.8) is 0 Å². The van der Waals surface area contributed by atoms with Crippen LogP contribution in [-0.2, 0) is 13.1 Å². The molecule has 2 aromatic rings. The van der Waals surface area contributed by atoms with Crippen LogP contribution in [0.2, 0.25) is 0 Å². The lowest BCUT2D eigenvalue weighted by molar-refractivity contribution is -0.928. The van der Waals surface area contributed by atoms with Crippen LogP contribution < -0.4 is 0 Å². The fourth-order valence-electron chi connectivity index (χ4n) is 6.11. The van der Waals surface area contributed by atoms with E-state index >= 15 is 0 Å². The number of nitrogens with zero attached hydrogens (tertiary/aromatic N) is 4. The minimum atomic E-state index is 0.751. The predicted octanol–water partition coefficient (Wildman–Crippen LogP) is 5.62. The van der Waals surface area contributed by atoms with Crippen molar-refractivity contribution in [2.24, 2.45) is 11.8 Å². The molecule has 4 heteroatoms. The molecule has 0 aliphatic carbocycles. The number of rotatable bonds is 7. The summed E-state index contributed by atoms with van der Waals surface area (Å²) in [7, 11) is 4.81. The van der Waals surface area contributed by atoms with E-state index in [1.165, 1.54) is 75.8 Å². The number of benzene rings is 2. The Labute approximate surface area is 206 Å². The van der Waals surface area contributed by atoms with Gasteiger partial charge in [0.05, 0.1) is 63.5 Å². The van der Waals surface area contributed by atoms with E-state index in [4.69, 9.17) is 10.5 Å². The monoisotopic (exact) mass is 456 g/mol. The molecule has 2 aromatic carbocycles. The Kier molecular flexibility index (Phi) is 7.72. The largest absolute Gasteiger partial charge is 0.322 e. The minimum Gasteiger partial charge on any atom is -0.322 e. The molecule has 0 saturated carbocycles. The Balaban J connectivity index is 1.17. The van der Waals surface area contributed by atoms with E-state index < -0.39 is 0 Å². The van der Waals surface area contributed by atoms with Gasteiger partial charge >= 0.3 is 0 Å². The summed E-state index contributed by atoms with van der Waals surface area (Å²) in [5.41, 5.74) is 4.20. The van der Waals surface area contributed by atoms with Crippen molar-refractivity contribution in [2.75, 3.05) is 40.3 Å². The van der Waals surface area contributed by atoms with Crippen molar-refractivity contribution >= 4 is 0 Å². The van der Waals surface area contributed by atoms with Crippen LogP contribution >= 0.6 is 0 Å². The van der Waals surface area contributed by atoms with Gasteiger partial charge in [0.25, 0.3) is 0 Å². The van der Waals surface area contributed by atoms with Crippen LogP contribution in [0.4, 0.5) is 0 Å². The van der Waals surface area contributed by atoms with Crippen LogP contribution in [0, 0.1) is 34.5 Å². The van der Waals surface area contributed by atoms with Crippen LogP contribution in [0.25, 0.3) is 0 Å². The van der Waals surface area contributed by atoms with E-state index in [0.717, 1.165) is 45.0 Å². The van der Waals surface area contributed by atoms with E-state index in [2.05, 4.69) is 50.5 Å². The van der Waals surface area contributed by atoms with Gasteiger partial charge in [0.1, 0.15) is 13.1 Å². The minimum absolute atomic E-state index is 0.751. The Morgan fingerprint density at radius 1 is 0.618 bits per heavy atom. The number of piperidine rings is 2. The lowest BCUT2D eigenvalue weighted by Gasteiger charge is -2.42. The van der Waals surface area contributed by atoms with Crippen molar-refractivity contribution in [1.29, 1.82) is 10.5 Å². The number of quaternary nitrogens is 2. The van der Waals surface area contributed by atoms with Crippen molar-refractivity contribution in [3.8, 4) is 12.1 Å². The van der Waals surface area contributed by atoms with Crippen LogP contribution in [0.5, 0.6) is 0 Å². The second kappa shape index (κ2) is 10.7. The van der Waals surface area contributed by atoms with Crippen LogP contribution in [0.1, 0.15) is 60.8 Å². The van der Waals surface area contributed by atoms with Gasteiger partial charge in [-0.05, 0) is 74.6 Å². The van der Waals surface area contributed by atoms with E-state index in [1.807, 2.05) is 24.3 Å². The van der Waals surface area contributed by atoms with E-state index in [1.54, 1.807) is 0 Å². The molecule has 0 atom stereocenters. The maximum atomic E-state index is 9.01. The SMILES string of the molecule is C[N+]1(Cc2ccc(C#N)cc2)CCC(CCC2CC[N+](C)(Cc3ccc(C#N)cc3)CC2)CC1. The average Bonchev–Trinajstić information content (AvgIpc) is 2.85. The maximum Gasteiger partial charge on any atom is 0.104 e. The van der Waals surface area contributed by atoms with Gasteiger partial charge in [-0.2, -0.15) is 10.5 Å². The normalized spacial score (nSPS) is 29.2. The predicted molar refractivity (Wildman–Crippen MR) is 136 cm³/mol. The number of nitriles is 2. The topological polar surface area (TPSA) is 47.6 Å². The molecular weight excluding hydrogens is 416 g/mol. The van der Waals surface area contributed by atoms with Crippen molar-refractivity contribution < 1.29 is 8.97 Å². The van der Waals surface area contributed by atoms with Gasteiger partial charge in [-0.3, -0.25) is 0 Å². The molecule has 0 aromatic heterocycles. The van der Waals surface area contributed by atoms with E-state index in [9.17, 15) is 0 Å². The molecule has 0 bridgehead atoms. The average molecular weight is 457 g/mol. The summed E-state index contributed by atoms with van der Waals surface area (Å²) >= 11 is 0. The summed E-state index contributed by atoms with van der Waals surface area (Å²) in [6.07, 6.45) is 8.22. The number of hydrogen-bond acceptors (Lipinski definition) is 2. The summed E-state index contributed by atoms with van der Waals surface area (Å²) in [5, 5.41) is 18.0. The first-order valence-electron chi connectivity index (χ1n) is 13.0. The molecule has 4 rings (SSSR count). The van der Waals surface area contributed by atoms with Crippen LogP contribution in [0.3, 0.4) is 0 Å². The quantitative estimate of drug-likeness (QED) is 0.508. The molecule has 2 aliphatic heterocycles. The number of hydrogen-bond donors (Lipinski definition) is 0. The third-order valence-electron chi connectivity index (χ3n) is 8.59. The standard InChI is InChI=1S/C30H40N4/c1-33(23-29-9-5-27(21-31)6-10-29)17-13-25(14-18-33)3-4-26-15-19-34(2,20-16-26)24-30-11-7-28(22-32)8-12-30/h5-12,25-26H,3-4,13-20,23-24H2,1-2H3/q+2. The smallest absolute Gasteiger partial charge is 0.104 e. The van der Waals surface area contributed by atoms with Gasteiger partial charge in [-0.1, -0.05) is 24.3 Å². The third-order valence-corrected chi connectivity index (χ3v) is 8.59. The zero-order valence-corrected chi connectivity index (χ0v) is 21.0. The van der Waals surface area contributed by atoms with Crippen molar-refractivity contribution in [1.82, 2.24) is 0 Å². The van der Waals surface area contributed by atoms with Gasteiger partial charge in [-0.25, -0.2) is 0 Å². The van der Waals surface area contributed by atoms with Gasteiger partial charge in [0, 0.05) is 11.1 Å². The van der Waals surface area contributed by atoms with Crippen LogP contribution in [0.15, 0.2) is 48.5 Å². The molecule has 0 spiro atoms. The highest BCUT2D eigenvalue weighted by atomic mass is 15.3. The second-order valence-corrected chi connectivity index (χ2v) is 11.5. The van der Waals surface area contributed by atoms with Crippen LogP contribution in [-0.4, -0.2) is 49.2 Å². The van der Waals surface area contributed by atoms with Crippen molar-refractivity contribution in [3.05, 3.63) is 70.8 Å². The third kappa shape index (κ3) is 6.47. The molecule has 4 nitrogen and oxygen atoms in total. The lowest BCUT2D eigenvalue weighted by Crippen LogP contribution is -2.49. The fourth-order valence-corrected chi connectivity index (χ4v) is 6.11. The molecule has 2 saturated heterocycles. The Bertz CT molecular complexity index is 924. The van der Waals surface area contributed by atoms with Gasteiger partial charge in [-0.15, -0.1) is 0 Å². The zero-order valence-electron chi connectivity index (χ0n) is 21.0. The summed E-state index contributed by atoms with van der Waals surface area (Å²) in [5.74, 6) is 1.79. The summed E-state index contributed by atoms with van der Waals surface area (Å²) in [4.78, 5) is 0. The lowest BCUT2D eigenvalue weighted by atomic mass is 9.84. The Hall–Kier alpha value is -2.66. The molecule has 0 unspecified atom stereocenters. The molecule has 0 radical (unpaired) electrons. The van der Waals surface area contributed by atoms with E-state index in [-0.39, 0.29) is 0 Å². The maximum absolute atomic E-state index is 9.01. The molecule has 2 heterocycles. The summed E-state index contributed by atoms with van der Waals surface area (Å²) in [6.45, 7) is 7.25. The summed E-state index contributed by atoms with van der Waals surface area (Å²) in [6, 6.07) is 20.8. The number of likely N-dealkylation sites (tertiary alicyclic amines) is 2. The first-order chi connectivity index (χ1) is 16.4. The molecule has 2 fully saturated rings. The Morgan fingerprint density at radius 3 is 1.24 bits per heavy atom. The van der Waals surface area contributed by atoms with E-state index in [0.29, 0.717) is 0 Å². The highest BCUT2D eigenvalue weighted by Crippen LogP contribution is 2.32. The van der Waals surface area contributed by atoms with Gasteiger partial charge < -0.3 is 8.97 Å². The van der Waals surface area contributed by atoms with Crippen molar-refractivity contribution in [2.45, 2.75) is 51.6 Å². The molecular formula is C30H40N4+2. The fraction of sp³-hybridized carbons (Fsp3) is 0.533. The molecule has 2 aliphatic rings. The highest BCUT2D eigenvalue weighted by Gasteiger charge is 2.33. The zero-order chi connectivity index (χ0) is 24.0. The van der Waals surface area contributed by atoms with Gasteiger partial charge in [0.2, 0.25) is 0 Å². The van der Waals surface area contributed by atoms with Gasteiger partial charge in [0.15, 0.2) is 0 Å². The molecule has 0 N–H and O–H groups in total. The highest BCUT2D eigenvalue weighted by molar-refractivity contribution is 5.32. The molecule has 0 amide bonds. The second-order valence-electron chi connectivity index (χ2n) is 11.5. The molecule has 178 valence electrons. The Morgan fingerprint density at radius 2 is 0.941 bits per heavy atom. The molecule has 34 heavy (non-hydrogen) atoms.